The fourth-order valence-electron chi connectivity index (χ4n) is 2.39. The van der Waals surface area contributed by atoms with Gasteiger partial charge in [-0.2, -0.15) is 5.26 Å². The lowest BCUT2D eigenvalue weighted by Gasteiger charge is -2.16. The zero-order valence-corrected chi connectivity index (χ0v) is 11.2. The maximum absolute atomic E-state index is 11.9. The smallest absolute Gasteiger partial charge is 0.323 e. The minimum absolute atomic E-state index is 0.101. The molecule has 0 bridgehead atoms. The maximum atomic E-state index is 11.9. The van der Waals surface area contributed by atoms with Crippen LogP contribution >= 0.6 is 0 Å². The molecule has 0 spiro atoms. The summed E-state index contributed by atoms with van der Waals surface area (Å²) in [5.41, 5.74) is 1.04. The van der Waals surface area contributed by atoms with E-state index < -0.39 is 6.04 Å². The summed E-state index contributed by atoms with van der Waals surface area (Å²) in [6.07, 6.45) is 0.368. The second kappa shape index (κ2) is 5.85. The molecule has 3 atom stereocenters. The highest BCUT2D eigenvalue weighted by Crippen LogP contribution is 2.32. The van der Waals surface area contributed by atoms with E-state index in [0.717, 1.165) is 5.56 Å². The number of carbonyl (C=O) groups is 1. The Morgan fingerprint density at radius 3 is 2.68 bits per heavy atom. The van der Waals surface area contributed by atoms with Crippen molar-refractivity contribution < 1.29 is 9.53 Å². The van der Waals surface area contributed by atoms with Crippen molar-refractivity contribution in [1.82, 2.24) is 5.32 Å². The summed E-state index contributed by atoms with van der Waals surface area (Å²) in [5, 5.41) is 12.5. The number of hydrogen-bond acceptors (Lipinski definition) is 4. The SMILES string of the molecule is CC(C)OC(=O)[C@@H]1C[C@@H](C#N)[C@H](c2ccccc2)N1. The minimum atomic E-state index is -0.391. The Morgan fingerprint density at radius 1 is 1.42 bits per heavy atom. The van der Waals surface area contributed by atoms with Gasteiger partial charge in [0, 0.05) is 6.04 Å². The van der Waals surface area contributed by atoms with E-state index in [9.17, 15) is 10.1 Å². The highest BCUT2D eigenvalue weighted by Gasteiger charge is 2.39. The second-order valence-corrected chi connectivity index (χ2v) is 5.06. The normalized spacial score (nSPS) is 26.1. The molecular weight excluding hydrogens is 240 g/mol. The van der Waals surface area contributed by atoms with Crippen molar-refractivity contribution in [3.8, 4) is 6.07 Å². The summed E-state index contributed by atoms with van der Waals surface area (Å²) >= 11 is 0. The number of esters is 1. The van der Waals surface area contributed by atoms with Crippen molar-refractivity contribution >= 4 is 5.97 Å². The molecule has 4 heteroatoms. The van der Waals surface area contributed by atoms with Gasteiger partial charge in [-0.3, -0.25) is 10.1 Å². The molecule has 0 radical (unpaired) electrons. The van der Waals surface area contributed by atoms with Gasteiger partial charge in [0.2, 0.25) is 0 Å². The monoisotopic (exact) mass is 258 g/mol. The third-order valence-electron chi connectivity index (χ3n) is 3.23. The van der Waals surface area contributed by atoms with Gasteiger partial charge in [-0.1, -0.05) is 30.3 Å². The first kappa shape index (κ1) is 13.6. The van der Waals surface area contributed by atoms with Crippen molar-refractivity contribution in [2.24, 2.45) is 5.92 Å². The molecular formula is C15H18N2O2. The summed E-state index contributed by atoms with van der Waals surface area (Å²) in [6.45, 7) is 3.65. The van der Waals surface area contributed by atoms with Crippen molar-refractivity contribution in [2.45, 2.75) is 38.5 Å². The molecule has 1 N–H and O–H groups in total. The van der Waals surface area contributed by atoms with Crippen LogP contribution in [0.5, 0.6) is 0 Å². The Labute approximate surface area is 113 Å². The molecule has 2 rings (SSSR count). The first-order valence-electron chi connectivity index (χ1n) is 6.53. The third-order valence-corrected chi connectivity index (χ3v) is 3.23. The van der Waals surface area contributed by atoms with Crippen LogP contribution in [0.15, 0.2) is 30.3 Å². The van der Waals surface area contributed by atoms with Crippen molar-refractivity contribution in [1.29, 1.82) is 5.26 Å². The number of hydrogen-bond donors (Lipinski definition) is 1. The lowest BCUT2D eigenvalue weighted by atomic mass is 9.95. The highest BCUT2D eigenvalue weighted by molar-refractivity contribution is 5.76. The Morgan fingerprint density at radius 2 is 2.11 bits per heavy atom. The van der Waals surface area contributed by atoms with E-state index in [2.05, 4.69) is 11.4 Å². The molecule has 0 aliphatic carbocycles. The molecule has 1 aromatic rings. The van der Waals surface area contributed by atoms with Crippen LogP contribution in [0.2, 0.25) is 0 Å². The lowest BCUT2D eigenvalue weighted by Crippen LogP contribution is -2.35. The first-order valence-corrected chi connectivity index (χ1v) is 6.53. The Balaban J connectivity index is 2.11. The number of nitriles is 1. The molecule has 1 fully saturated rings. The molecule has 0 unspecified atom stereocenters. The van der Waals surface area contributed by atoms with Gasteiger partial charge in [0.15, 0.2) is 0 Å². The fourth-order valence-corrected chi connectivity index (χ4v) is 2.39. The molecule has 19 heavy (non-hydrogen) atoms. The topological polar surface area (TPSA) is 62.1 Å². The van der Waals surface area contributed by atoms with E-state index in [1.807, 2.05) is 44.2 Å². The van der Waals surface area contributed by atoms with Crippen LogP contribution in [-0.2, 0) is 9.53 Å². The van der Waals surface area contributed by atoms with E-state index in [4.69, 9.17) is 4.74 Å². The van der Waals surface area contributed by atoms with Crippen LogP contribution in [0.4, 0.5) is 0 Å². The van der Waals surface area contributed by atoms with Gasteiger partial charge < -0.3 is 4.74 Å². The number of carbonyl (C=O) groups excluding carboxylic acids is 1. The largest absolute Gasteiger partial charge is 0.462 e. The number of ether oxygens (including phenoxy) is 1. The third kappa shape index (κ3) is 3.12. The van der Waals surface area contributed by atoms with E-state index in [1.165, 1.54) is 0 Å². The molecule has 1 aliphatic heterocycles. The van der Waals surface area contributed by atoms with Crippen LogP contribution in [0, 0.1) is 17.2 Å². The van der Waals surface area contributed by atoms with Gasteiger partial charge in [0.1, 0.15) is 6.04 Å². The van der Waals surface area contributed by atoms with E-state index >= 15 is 0 Å². The van der Waals surface area contributed by atoms with Crippen LogP contribution in [0.3, 0.4) is 0 Å². The summed E-state index contributed by atoms with van der Waals surface area (Å²) in [4.78, 5) is 11.9. The quantitative estimate of drug-likeness (QED) is 0.844. The molecule has 4 nitrogen and oxygen atoms in total. The standard InChI is InChI=1S/C15H18N2O2/c1-10(2)19-15(18)13-8-12(9-16)14(17-13)11-6-4-3-5-7-11/h3-7,10,12-14,17H,8H2,1-2H3/t12-,13-,14-/m0/s1. The molecule has 1 saturated heterocycles. The van der Waals surface area contributed by atoms with E-state index in [0.29, 0.717) is 6.42 Å². The average Bonchev–Trinajstić information content (AvgIpc) is 2.83. The average molecular weight is 258 g/mol. The summed E-state index contributed by atoms with van der Waals surface area (Å²) in [7, 11) is 0. The van der Waals surface area contributed by atoms with Gasteiger partial charge in [-0.15, -0.1) is 0 Å². The molecule has 1 aliphatic rings. The molecule has 1 aromatic carbocycles. The summed E-state index contributed by atoms with van der Waals surface area (Å²) < 4.78 is 5.20. The highest BCUT2D eigenvalue weighted by atomic mass is 16.5. The first-order chi connectivity index (χ1) is 9.11. The molecule has 0 saturated carbocycles. The lowest BCUT2D eigenvalue weighted by molar-refractivity contribution is -0.149. The predicted octanol–water partition coefficient (Wildman–Crippen LogP) is 2.18. The van der Waals surface area contributed by atoms with Crippen molar-refractivity contribution in [2.75, 3.05) is 0 Å². The second-order valence-electron chi connectivity index (χ2n) is 5.06. The number of nitrogens with zero attached hydrogens (tertiary/aromatic N) is 1. The van der Waals surface area contributed by atoms with Crippen LogP contribution < -0.4 is 5.32 Å². The molecule has 1 heterocycles. The van der Waals surface area contributed by atoms with Gasteiger partial charge in [-0.05, 0) is 25.8 Å². The Kier molecular flexibility index (Phi) is 4.18. The number of benzene rings is 1. The van der Waals surface area contributed by atoms with E-state index in [1.54, 1.807) is 0 Å². The zero-order chi connectivity index (χ0) is 13.8. The predicted molar refractivity (Wildman–Crippen MR) is 71.1 cm³/mol. The number of rotatable bonds is 3. The van der Waals surface area contributed by atoms with E-state index in [-0.39, 0.29) is 24.0 Å². The van der Waals surface area contributed by atoms with Gasteiger partial charge >= 0.3 is 5.97 Å². The van der Waals surface area contributed by atoms with Gasteiger partial charge in [-0.25, -0.2) is 0 Å². The van der Waals surface area contributed by atoms with Gasteiger partial charge in [0.05, 0.1) is 18.1 Å². The van der Waals surface area contributed by atoms with Gasteiger partial charge in [0.25, 0.3) is 0 Å². The van der Waals surface area contributed by atoms with Crippen LogP contribution in [-0.4, -0.2) is 18.1 Å². The summed E-state index contributed by atoms with van der Waals surface area (Å²) in [6, 6.07) is 11.5. The molecule has 0 aromatic heterocycles. The van der Waals surface area contributed by atoms with Crippen molar-refractivity contribution in [3.63, 3.8) is 0 Å². The molecule has 0 amide bonds. The van der Waals surface area contributed by atoms with Crippen LogP contribution in [0.25, 0.3) is 0 Å². The van der Waals surface area contributed by atoms with Crippen molar-refractivity contribution in [3.05, 3.63) is 35.9 Å². The number of nitrogens with one attached hydrogen (secondary N) is 1. The maximum Gasteiger partial charge on any atom is 0.323 e. The van der Waals surface area contributed by atoms with Crippen LogP contribution in [0.1, 0.15) is 31.9 Å². The molecule has 100 valence electrons. The minimum Gasteiger partial charge on any atom is -0.462 e. The Bertz CT molecular complexity index is 479. The zero-order valence-electron chi connectivity index (χ0n) is 11.2. The fraction of sp³-hybridized carbons (Fsp3) is 0.467. The Hall–Kier alpha value is -1.86. The summed E-state index contributed by atoms with van der Waals surface area (Å²) in [5.74, 6) is -0.471.